The van der Waals surface area contributed by atoms with Gasteiger partial charge in [-0.25, -0.2) is 5.43 Å². The molecule has 0 aliphatic carbocycles. The van der Waals surface area contributed by atoms with Gasteiger partial charge in [-0.3, -0.25) is 9.78 Å². The second-order valence-corrected chi connectivity index (χ2v) is 4.80. The van der Waals surface area contributed by atoms with Crippen LogP contribution in [-0.4, -0.2) is 22.1 Å². The van der Waals surface area contributed by atoms with E-state index in [1.807, 2.05) is 18.2 Å². The highest BCUT2D eigenvalue weighted by molar-refractivity contribution is 6.31. The Kier molecular flexibility index (Phi) is 3.66. The standard InChI is InChI=1S/C15H11ClN4O/c16-11-4-5-13-10(7-11)8-14(19-13)15(21)20-18-9-12-3-1-2-6-17-12/h1-9,19H,(H,20,21)/b18-9+. The quantitative estimate of drug-likeness (QED) is 0.576. The van der Waals surface area contributed by atoms with Crippen LogP contribution in [0.25, 0.3) is 10.9 Å². The van der Waals surface area contributed by atoms with E-state index in [0.717, 1.165) is 10.9 Å². The number of aromatic amines is 1. The van der Waals surface area contributed by atoms with E-state index < -0.39 is 0 Å². The fraction of sp³-hybridized carbons (Fsp3) is 0. The first-order chi connectivity index (χ1) is 10.2. The monoisotopic (exact) mass is 298 g/mol. The van der Waals surface area contributed by atoms with Crippen molar-refractivity contribution in [2.45, 2.75) is 0 Å². The molecule has 21 heavy (non-hydrogen) atoms. The summed E-state index contributed by atoms with van der Waals surface area (Å²) in [6.45, 7) is 0. The van der Waals surface area contributed by atoms with Gasteiger partial charge in [0, 0.05) is 22.1 Å². The normalized spacial score (nSPS) is 11.1. The lowest BCUT2D eigenvalue weighted by molar-refractivity contribution is 0.0951. The highest BCUT2D eigenvalue weighted by Gasteiger charge is 2.08. The van der Waals surface area contributed by atoms with Gasteiger partial charge in [-0.1, -0.05) is 17.7 Å². The highest BCUT2D eigenvalue weighted by Crippen LogP contribution is 2.19. The van der Waals surface area contributed by atoms with E-state index in [2.05, 4.69) is 20.5 Å². The fourth-order valence-electron chi connectivity index (χ4n) is 1.90. The van der Waals surface area contributed by atoms with Crippen LogP contribution < -0.4 is 5.43 Å². The zero-order valence-corrected chi connectivity index (χ0v) is 11.6. The van der Waals surface area contributed by atoms with Gasteiger partial charge in [0.1, 0.15) is 5.69 Å². The summed E-state index contributed by atoms with van der Waals surface area (Å²) in [5.41, 5.74) is 4.38. The SMILES string of the molecule is O=C(N/N=C/c1ccccn1)c1cc2cc(Cl)ccc2[nH]1. The first-order valence-electron chi connectivity index (χ1n) is 6.25. The largest absolute Gasteiger partial charge is 0.350 e. The van der Waals surface area contributed by atoms with Gasteiger partial charge in [0.25, 0.3) is 5.91 Å². The van der Waals surface area contributed by atoms with Crippen LogP contribution in [0.2, 0.25) is 5.02 Å². The van der Waals surface area contributed by atoms with E-state index >= 15 is 0 Å². The smallest absolute Gasteiger partial charge is 0.287 e. The van der Waals surface area contributed by atoms with E-state index in [1.165, 1.54) is 6.21 Å². The van der Waals surface area contributed by atoms with E-state index in [9.17, 15) is 4.79 Å². The second-order valence-electron chi connectivity index (χ2n) is 4.37. The van der Waals surface area contributed by atoms with Gasteiger partial charge in [0.2, 0.25) is 0 Å². The van der Waals surface area contributed by atoms with Gasteiger partial charge < -0.3 is 4.98 Å². The molecule has 0 aliphatic heterocycles. The molecule has 0 saturated heterocycles. The van der Waals surface area contributed by atoms with Crippen molar-refractivity contribution in [3.8, 4) is 0 Å². The molecule has 0 bridgehead atoms. The highest BCUT2D eigenvalue weighted by atomic mass is 35.5. The number of aromatic nitrogens is 2. The number of carbonyl (C=O) groups is 1. The molecule has 0 spiro atoms. The number of benzene rings is 1. The predicted octanol–water partition coefficient (Wildman–Crippen LogP) is 2.98. The van der Waals surface area contributed by atoms with Crippen LogP contribution in [0.3, 0.4) is 0 Å². The third-order valence-corrected chi connectivity index (χ3v) is 3.11. The molecule has 6 heteroatoms. The fourth-order valence-corrected chi connectivity index (χ4v) is 2.08. The minimum Gasteiger partial charge on any atom is -0.350 e. The van der Waals surface area contributed by atoms with Crippen molar-refractivity contribution in [3.05, 3.63) is 65.1 Å². The van der Waals surface area contributed by atoms with Gasteiger partial charge in [0.15, 0.2) is 0 Å². The van der Waals surface area contributed by atoms with Crippen LogP contribution in [0.1, 0.15) is 16.2 Å². The Morgan fingerprint density at radius 2 is 2.19 bits per heavy atom. The number of rotatable bonds is 3. The van der Waals surface area contributed by atoms with Crippen molar-refractivity contribution in [1.29, 1.82) is 0 Å². The van der Waals surface area contributed by atoms with E-state index in [-0.39, 0.29) is 5.91 Å². The van der Waals surface area contributed by atoms with Crippen LogP contribution in [-0.2, 0) is 0 Å². The minimum absolute atomic E-state index is 0.325. The molecule has 2 aromatic heterocycles. The molecule has 0 fully saturated rings. The van der Waals surface area contributed by atoms with E-state index in [0.29, 0.717) is 16.4 Å². The van der Waals surface area contributed by atoms with Crippen molar-refractivity contribution < 1.29 is 4.79 Å². The van der Waals surface area contributed by atoms with Gasteiger partial charge in [0.05, 0.1) is 11.9 Å². The lowest BCUT2D eigenvalue weighted by Gasteiger charge is -1.95. The van der Waals surface area contributed by atoms with Gasteiger partial charge in [-0.05, 0) is 36.4 Å². The second kappa shape index (κ2) is 5.76. The molecule has 1 aromatic carbocycles. The number of amides is 1. The Balaban J connectivity index is 1.73. The number of nitrogens with zero attached hydrogens (tertiary/aromatic N) is 2. The number of hydrogen-bond acceptors (Lipinski definition) is 3. The Morgan fingerprint density at radius 3 is 3.00 bits per heavy atom. The van der Waals surface area contributed by atoms with Gasteiger partial charge in [-0.15, -0.1) is 0 Å². The Labute approximate surface area is 125 Å². The summed E-state index contributed by atoms with van der Waals surface area (Å²) < 4.78 is 0. The summed E-state index contributed by atoms with van der Waals surface area (Å²) in [5, 5.41) is 5.38. The predicted molar refractivity (Wildman–Crippen MR) is 82.6 cm³/mol. The third-order valence-electron chi connectivity index (χ3n) is 2.88. The molecule has 0 aliphatic rings. The van der Waals surface area contributed by atoms with Gasteiger partial charge in [-0.2, -0.15) is 5.10 Å². The number of hydrazone groups is 1. The molecule has 0 unspecified atom stereocenters. The first-order valence-corrected chi connectivity index (χ1v) is 6.63. The van der Waals surface area contributed by atoms with E-state index in [1.54, 1.807) is 30.5 Å². The third kappa shape index (κ3) is 3.09. The van der Waals surface area contributed by atoms with Crippen LogP contribution in [0.5, 0.6) is 0 Å². The Hall–Kier alpha value is -2.66. The lowest BCUT2D eigenvalue weighted by atomic mass is 10.2. The van der Waals surface area contributed by atoms with Crippen molar-refractivity contribution in [2.24, 2.45) is 5.10 Å². The topological polar surface area (TPSA) is 70.1 Å². The molecule has 2 heterocycles. The summed E-state index contributed by atoms with van der Waals surface area (Å²) >= 11 is 5.91. The number of hydrogen-bond donors (Lipinski definition) is 2. The number of pyridine rings is 1. The van der Waals surface area contributed by atoms with Crippen LogP contribution >= 0.6 is 11.6 Å². The maximum atomic E-state index is 12.0. The average molecular weight is 299 g/mol. The minimum atomic E-state index is -0.325. The van der Waals surface area contributed by atoms with Crippen LogP contribution in [0, 0.1) is 0 Å². The molecule has 3 rings (SSSR count). The average Bonchev–Trinajstić information content (AvgIpc) is 2.91. The molecule has 2 N–H and O–H groups in total. The molecule has 104 valence electrons. The molecule has 5 nitrogen and oxygen atoms in total. The zero-order chi connectivity index (χ0) is 14.7. The zero-order valence-electron chi connectivity index (χ0n) is 10.9. The van der Waals surface area contributed by atoms with Crippen molar-refractivity contribution in [1.82, 2.24) is 15.4 Å². The molecular weight excluding hydrogens is 288 g/mol. The molecule has 0 radical (unpaired) electrons. The molecule has 1 amide bonds. The molecular formula is C15H11ClN4O. The maximum Gasteiger partial charge on any atom is 0.287 e. The summed E-state index contributed by atoms with van der Waals surface area (Å²) in [5.74, 6) is -0.325. The Bertz CT molecular complexity index is 811. The number of carbonyl (C=O) groups excluding carboxylic acids is 1. The van der Waals surface area contributed by atoms with Crippen molar-refractivity contribution in [2.75, 3.05) is 0 Å². The van der Waals surface area contributed by atoms with Crippen molar-refractivity contribution >= 4 is 34.6 Å². The van der Waals surface area contributed by atoms with Crippen molar-refractivity contribution in [3.63, 3.8) is 0 Å². The Morgan fingerprint density at radius 1 is 1.29 bits per heavy atom. The number of fused-ring (bicyclic) bond motifs is 1. The lowest BCUT2D eigenvalue weighted by Crippen LogP contribution is -2.17. The van der Waals surface area contributed by atoms with Crippen LogP contribution in [0.15, 0.2) is 53.8 Å². The van der Waals surface area contributed by atoms with Crippen LogP contribution in [0.4, 0.5) is 0 Å². The number of H-pyrrole nitrogens is 1. The summed E-state index contributed by atoms with van der Waals surface area (Å²) in [6, 6.07) is 12.6. The summed E-state index contributed by atoms with van der Waals surface area (Å²) in [4.78, 5) is 19.1. The molecule has 0 saturated carbocycles. The van der Waals surface area contributed by atoms with E-state index in [4.69, 9.17) is 11.6 Å². The first kappa shape index (κ1) is 13.3. The molecule has 0 atom stereocenters. The maximum absolute atomic E-state index is 12.0. The number of nitrogens with one attached hydrogen (secondary N) is 2. The summed E-state index contributed by atoms with van der Waals surface area (Å²) in [7, 11) is 0. The number of halogens is 1. The summed E-state index contributed by atoms with van der Waals surface area (Å²) in [6.07, 6.45) is 3.14. The van der Waals surface area contributed by atoms with Gasteiger partial charge >= 0.3 is 0 Å². The molecule has 3 aromatic rings.